The fourth-order valence-electron chi connectivity index (χ4n) is 2.20. The second kappa shape index (κ2) is 8.66. The van der Waals surface area contributed by atoms with Gasteiger partial charge in [-0.1, -0.05) is 37.3 Å². The first kappa shape index (κ1) is 17.5. The number of hydrogen-bond donors (Lipinski definition) is 0. The standard InChI is InChI=1S/C18H21O4P/c1-4-10-22-23(14-8-6-5-7-9-14)15-11-17(20-2)16(13-19)18(12-15)21-3/h5-9,11-13H,4,10H2,1-3H3. The van der Waals surface area contributed by atoms with Gasteiger partial charge >= 0.3 is 0 Å². The molecule has 23 heavy (non-hydrogen) atoms. The van der Waals surface area contributed by atoms with Gasteiger partial charge in [-0.15, -0.1) is 0 Å². The third kappa shape index (κ3) is 4.10. The first-order chi connectivity index (χ1) is 11.2. The Kier molecular flexibility index (Phi) is 6.57. The van der Waals surface area contributed by atoms with Crippen molar-refractivity contribution in [2.24, 2.45) is 0 Å². The lowest BCUT2D eigenvalue weighted by atomic mass is 10.2. The number of aldehydes is 1. The van der Waals surface area contributed by atoms with Crippen molar-refractivity contribution in [2.45, 2.75) is 13.3 Å². The summed E-state index contributed by atoms with van der Waals surface area (Å²) in [5.74, 6) is 0.996. The van der Waals surface area contributed by atoms with E-state index in [1.54, 1.807) is 14.2 Å². The number of ether oxygens (including phenoxy) is 2. The van der Waals surface area contributed by atoms with Crippen LogP contribution in [0.1, 0.15) is 23.7 Å². The minimum Gasteiger partial charge on any atom is -0.496 e. The highest BCUT2D eigenvalue weighted by atomic mass is 31.1. The van der Waals surface area contributed by atoms with Crippen LogP contribution in [0.25, 0.3) is 0 Å². The van der Waals surface area contributed by atoms with Gasteiger partial charge < -0.3 is 14.0 Å². The van der Waals surface area contributed by atoms with E-state index in [9.17, 15) is 4.79 Å². The molecule has 5 heteroatoms. The van der Waals surface area contributed by atoms with Gasteiger partial charge in [0, 0.05) is 10.6 Å². The van der Waals surface area contributed by atoms with Gasteiger partial charge in [-0.05, 0) is 18.6 Å². The topological polar surface area (TPSA) is 44.8 Å². The molecule has 0 aliphatic carbocycles. The summed E-state index contributed by atoms with van der Waals surface area (Å²) in [5, 5.41) is 2.07. The van der Waals surface area contributed by atoms with E-state index in [-0.39, 0.29) is 0 Å². The van der Waals surface area contributed by atoms with Gasteiger partial charge in [-0.25, -0.2) is 0 Å². The summed E-state index contributed by atoms with van der Waals surface area (Å²) in [6.45, 7) is 2.75. The Morgan fingerprint density at radius 3 is 2.09 bits per heavy atom. The normalized spacial score (nSPS) is 11.8. The maximum Gasteiger partial charge on any atom is 0.157 e. The highest BCUT2D eigenvalue weighted by Crippen LogP contribution is 2.39. The zero-order chi connectivity index (χ0) is 16.7. The predicted octanol–water partition coefficient (Wildman–Crippen LogP) is 3.29. The molecule has 122 valence electrons. The van der Waals surface area contributed by atoms with Crippen molar-refractivity contribution < 1.29 is 18.8 Å². The fraction of sp³-hybridized carbons (Fsp3) is 0.278. The second-order valence-corrected chi connectivity index (χ2v) is 6.72. The smallest absolute Gasteiger partial charge is 0.157 e. The van der Waals surface area contributed by atoms with E-state index in [4.69, 9.17) is 14.0 Å². The largest absolute Gasteiger partial charge is 0.496 e. The van der Waals surface area contributed by atoms with Gasteiger partial charge in [0.2, 0.25) is 0 Å². The van der Waals surface area contributed by atoms with Gasteiger partial charge in [0.25, 0.3) is 0 Å². The molecule has 0 aromatic heterocycles. The minimum absolute atomic E-state index is 0.414. The molecule has 2 rings (SSSR count). The van der Waals surface area contributed by atoms with Crippen LogP contribution in [0, 0.1) is 0 Å². The van der Waals surface area contributed by atoms with Crippen LogP contribution in [0.2, 0.25) is 0 Å². The first-order valence-electron chi connectivity index (χ1n) is 7.44. The summed E-state index contributed by atoms with van der Waals surface area (Å²) >= 11 is 0. The van der Waals surface area contributed by atoms with Crippen LogP contribution in [0.3, 0.4) is 0 Å². The zero-order valence-electron chi connectivity index (χ0n) is 13.6. The Hall–Kier alpha value is -1.90. The summed E-state index contributed by atoms with van der Waals surface area (Å²) in [6.07, 6.45) is 1.69. The molecular weight excluding hydrogens is 311 g/mol. The number of benzene rings is 2. The van der Waals surface area contributed by atoms with Crippen LogP contribution in [-0.2, 0) is 4.52 Å². The van der Waals surface area contributed by atoms with Crippen LogP contribution < -0.4 is 20.1 Å². The van der Waals surface area contributed by atoms with Crippen LogP contribution in [0.15, 0.2) is 42.5 Å². The molecule has 0 radical (unpaired) electrons. The molecule has 4 nitrogen and oxygen atoms in total. The Morgan fingerprint density at radius 2 is 1.61 bits per heavy atom. The number of carbonyl (C=O) groups excluding carboxylic acids is 1. The summed E-state index contributed by atoms with van der Waals surface area (Å²) in [6, 6.07) is 13.8. The van der Waals surface area contributed by atoms with Crippen molar-refractivity contribution >= 4 is 25.0 Å². The Bertz CT molecular complexity index is 618. The quantitative estimate of drug-likeness (QED) is 0.550. The Morgan fingerprint density at radius 1 is 1.00 bits per heavy atom. The fourth-order valence-corrected chi connectivity index (χ4v) is 4.08. The van der Waals surface area contributed by atoms with Crippen molar-refractivity contribution in [1.82, 2.24) is 0 Å². The molecular formula is C18H21O4P. The molecule has 0 bridgehead atoms. The SMILES string of the molecule is CCCOP(c1ccccc1)c1cc(OC)c(C=O)c(OC)c1. The molecule has 2 aromatic rings. The number of rotatable bonds is 8. The van der Waals surface area contributed by atoms with E-state index in [0.717, 1.165) is 23.3 Å². The lowest BCUT2D eigenvalue weighted by Crippen LogP contribution is -2.15. The van der Waals surface area contributed by atoms with Crippen LogP contribution >= 0.6 is 8.15 Å². The van der Waals surface area contributed by atoms with E-state index < -0.39 is 8.15 Å². The molecule has 0 aliphatic heterocycles. The van der Waals surface area contributed by atoms with Gasteiger partial charge in [-0.3, -0.25) is 4.79 Å². The second-order valence-electron chi connectivity index (χ2n) is 4.84. The molecule has 0 heterocycles. The van der Waals surface area contributed by atoms with Gasteiger partial charge in [-0.2, -0.15) is 0 Å². The molecule has 1 unspecified atom stereocenters. The van der Waals surface area contributed by atoms with Crippen molar-refractivity contribution in [3.63, 3.8) is 0 Å². The van der Waals surface area contributed by atoms with Crippen molar-refractivity contribution in [3.8, 4) is 11.5 Å². The summed E-state index contributed by atoms with van der Waals surface area (Å²) in [4.78, 5) is 11.3. The Labute approximate surface area is 138 Å². The third-order valence-corrected chi connectivity index (χ3v) is 5.23. The average molecular weight is 332 g/mol. The highest BCUT2D eigenvalue weighted by Gasteiger charge is 2.20. The zero-order valence-corrected chi connectivity index (χ0v) is 14.5. The summed E-state index contributed by atoms with van der Waals surface area (Å²) in [5.41, 5.74) is 0.414. The average Bonchev–Trinajstić information content (AvgIpc) is 2.61. The number of carbonyl (C=O) groups is 1. The first-order valence-corrected chi connectivity index (χ1v) is 8.70. The van der Waals surface area contributed by atoms with E-state index in [0.29, 0.717) is 23.7 Å². The molecule has 0 saturated heterocycles. The molecule has 0 N–H and O–H groups in total. The van der Waals surface area contributed by atoms with E-state index in [1.165, 1.54) is 0 Å². The van der Waals surface area contributed by atoms with E-state index in [2.05, 4.69) is 6.92 Å². The molecule has 0 saturated carbocycles. The van der Waals surface area contributed by atoms with Crippen molar-refractivity contribution in [2.75, 3.05) is 20.8 Å². The summed E-state index contributed by atoms with van der Waals surface area (Å²) in [7, 11) is 2.10. The lowest BCUT2D eigenvalue weighted by molar-refractivity contribution is 0.111. The van der Waals surface area contributed by atoms with Gasteiger partial charge in [0.15, 0.2) is 6.29 Å². The van der Waals surface area contributed by atoms with Crippen LogP contribution in [0.4, 0.5) is 0 Å². The highest BCUT2D eigenvalue weighted by molar-refractivity contribution is 7.68. The van der Waals surface area contributed by atoms with Crippen LogP contribution in [0.5, 0.6) is 11.5 Å². The lowest BCUT2D eigenvalue weighted by Gasteiger charge is -2.20. The van der Waals surface area contributed by atoms with Crippen molar-refractivity contribution in [3.05, 3.63) is 48.0 Å². The molecule has 1 atom stereocenters. The molecule has 0 spiro atoms. The van der Waals surface area contributed by atoms with E-state index >= 15 is 0 Å². The van der Waals surface area contributed by atoms with Gasteiger partial charge in [0.1, 0.15) is 11.5 Å². The third-order valence-electron chi connectivity index (χ3n) is 3.30. The number of methoxy groups -OCH3 is 2. The molecule has 2 aromatic carbocycles. The number of hydrogen-bond acceptors (Lipinski definition) is 4. The van der Waals surface area contributed by atoms with E-state index in [1.807, 2.05) is 42.5 Å². The van der Waals surface area contributed by atoms with Crippen LogP contribution in [-0.4, -0.2) is 27.1 Å². The van der Waals surface area contributed by atoms with Crippen molar-refractivity contribution in [1.29, 1.82) is 0 Å². The molecule has 0 fully saturated rings. The minimum atomic E-state index is -0.994. The molecule has 0 aliphatic rings. The monoisotopic (exact) mass is 332 g/mol. The Balaban J connectivity index is 2.51. The maximum absolute atomic E-state index is 11.3. The van der Waals surface area contributed by atoms with Gasteiger partial charge in [0.05, 0.1) is 34.5 Å². The molecule has 0 amide bonds. The summed E-state index contributed by atoms with van der Waals surface area (Å²) < 4.78 is 16.8. The maximum atomic E-state index is 11.3. The predicted molar refractivity (Wildman–Crippen MR) is 93.8 cm³/mol.